The number of methoxy groups -OCH3 is 2. The van der Waals surface area contributed by atoms with Crippen LogP contribution in [0.2, 0.25) is 0 Å². The van der Waals surface area contributed by atoms with E-state index in [1.54, 1.807) is 26.4 Å². The summed E-state index contributed by atoms with van der Waals surface area (Å²) in [6.07, 6.45) is 0.512. The second kappa shape index (κ2) is 6.00. The number of ether oxygens (including phenoxy) is 2. The van der Waals surface area contributed by atoms with E-state index in [2.05, 4.69) is 9.97 Å². The van der Waals surface area contributed by atoms with Gasteiger partial charge in [-0.2, -0.15) is 0 Å². The van der Waals surface area contributed by atoms with Crippen LogP contribution in [0.3, 0.4) is 0 Å². The van der Waals surface area contributed by atoms with Crippen LogP contribution < -0.4 is 20.9 Å². The van der Waals surface area contributed by atoms with Crippen molar-refractivity contribution in [1.29, 1.82) is 0 Å². The van der Waals surface area contributed by atoms with Crippen molar-refractivity contribution in [3.63, 3.8) is 0 Å². The molecule has 0 radical (unpaired) electrons. The van der Waals surface area contributed by atoms with Gasteiger partial charge in [-0.3, -0.25) is 0 Å². The summed E-state index contributed by atoms with van der Waals surface area (Å²) in [4.78, 5) is 8.94. The van der Waals surface area contributed by atoms with E-state index in [1.807, 2.05) is 24.3 Å². The molecular weight excluding hydrogens is 292 g/mol. The maximum absolute atomic E-state index is 6.04. The largest absolute Gasteiger partial charge is 0.497 e. The van der Waals surface area contributed by atoms with E-state index < -0.39 is 0 Å². The second-order valence-corrected chi connectivity index (χ2v) is 5.16. The lowest BCUT2D eigenvalue weighted by Crippen LogP contribution is -2.03. The lowest BCUT2D eigenvalue weighted by Gasteiger charge is -2.11. The minimum absolute atomic E-state index is 0.421. The molecule has 118 valence electrons. The van der Waals surface area contributed by atoms with Gasteiger partial charge in [-0.05, 0) is 24.3 Å². The molecule has 0 unspecified atom stereocenters. The summed E-state index contributed by atoms with van der Waals surface area (Å²) in [5, 5.41) is 0.760. The van der Waals surface area contributed by atoms with E-state index in [0.29, 0.717) is 23.8 Å². The molecule has 0 saturated heterocycles. The molecule has 4 N–H and O–H groups in total. The Morgan fingerprint density at radius 3 is 2.52 bits per heavy atom. The number of benzene rings is 2. The zero-order valence-corrected chi connectivity index (χ0v) is 13.0. The zero-order chi connectivity index (χ0) is 16.4. The highest BCUT2D eigenvalue weighted by molar-refractivity contribution is 5.90. The summed E-state index contributed by atoms with van der Waals surface area (Å²) in [7, 11) is 3.24. The molecule has 0 spiro atoms. The number of nitrogens with two attached hydrogens (primary N) is 2. The third kappa shape index (κ3) is 2.96. The van der Waals surface area contributed by atoms with Crippen molar-refractivity contribution in [1.82, 2.24) is 9.97 Å². The van der Waals surface area contributed by atoms with Gasteiger partial charge < -0.3 is 20.9 Å². The number of hydrogen-bond donors (Lipinski definition) is 2. The Bertz CT molecular complexity index is 865. The molecule has 6 nitrogen and oxygen atoms in total. The first-order chi connectivity index (χ1) is 11.1. The maximum Gasteiger partial charge on any atom is 0.135 e. The van der Waals surface area contributed by atoms with Crippen LogP contribution >= 0.6 is 0 Å². The molecule has 3 aromatic rings. The minimum atomic E-state index is 0.421. The molecule has 0 amide bonds. The van der Waals surface area contributed by atoms with Crippen LogP contribution in [-0.2, 0) is 6.42 Å². The topological polar surface area (TPSA) is 96.3 Å². The Morgan fingerprint density at radius 2 is 1.78 bits per heavy atom. The van der Waals surface area contributed by atoms with Crippen LogP contribution in [-0.4, -0.2) is 24.2 Å². The van der Waals surface area contributed by atoms with Crippen molar-refractivity contribution in [3.8, 4) is 11.5 Å². The smallest absolute Gasteiger partial charge is 0.135 e. The normalized spacial score (nSPS) is 10.7. The number of hydrogen-bond acceptors (Lipinski definition) is 6. The van der Waals surface area contributed by atoms with E-state index in [-0.39, 0.29) is 0 Å². The lowest BCUT2D eigenvalue weighted by molar-refractivity contribution is 0.391. The van der Waals surface area contributed by atoms with Gasteiger partial charge in [0, 0.05) is 29.1 Å². The number of fused-ring (bicyclic) bond motifs is 1. The quantitative estimate of drug-likeness (QED) is 0.718. The first kappa shape index (κ1) is 14.9. The van der Waals surface area contributed by atoms with Crippen molar-refractivity contribution in [2.45, 2.75) is 6.42 Å². The number of nitrogens with zero attached hydrogens (tertiary/aromatic N) is 2. The first-order valence-electron chi connectivity index (χ1n) is 7.13. The highest BCUT2D eigenvalue weighted by atomic mass is 16.5. The maximum atomic E-state index is 6.04. The zero-order valence-electron chi connectivity index (χ0n) is 13.0. The van der Waals surface area contributed by atoms with Crippen molar-refractivity contribution in [3.05, 3.63) is 47.8 Å². The molecule has 0 fully saturated rings. The fourth-order valence-corrected chi connectivity index (χ4v) is 2.47. The Balaban J connectivity index is 2.00. The number of nitrogen functional groups attached to an aromatic ring is 2. The van der Waals surface area contributed by atoms with Crippen LogP contribution in [0.1, 0.15) is 11.4 Å². The van der Waals surface area contributed by atoms with Crippen molar-refractivity contribution in [2.75, 3.05) is 25.7 Å². The second-order valence-electron chi connectivity index (χ2n) is 5.16. The van der Waals surface area contributed by atoms with Crippen molar-refractivity contribution < 1.29 is 9.47 Å². The third-order valence-electron chi connectivity index (χ3n) is 3.64. The molecule has 1 heterocycles. The average Bonchev–Trinajstić information content (AvgIpc) is 2.56. The Kier molecular flexibility index (Phi) is 3.89. The molecule has 23 heavy (non-hydrogen) atoms. The summed E-state index contributed by atoms with van der Waals surface area (Å²) in [6.45, 7) is 0. The molecule has 1 aromatic heterocycles. The summed E-state index contributed by atoms with van der Waals surface area (Å²) < 4.78 is 10.6. The standard InChI is InChI=1S/C17H18N4O2/c1-22-12-5-3-10(15(9-12)23-2)7-16-20-14-6-4-11(18)8-13(14)17(19)21-16/h3-6,8-9H,7,18H2,1-2H3,(H2,19,20,21). The first-order valence-corrected chi connectivity index (χ1v) is 7.13. The van der Waals surface area contributed by atoms with Gasteiger partial charge in [-0.15, -0.1) is 0 Å². The van der Waals surface area contributed by atoms with Gasteiger partial charge in [0.15, 0.2) is 0 Å². The van der Waals surface area contributed by atoms with Crippen molar-refractivity contribution >= 4 is 22.4 Å². The van der Waals surface area contributed by atoms with Gasteiger partial charge in [0.1, 0.15) is 23.1 Å². The van der Waals surface area contributed by atoms with Gasteiger partial charge in [-0.25, -0.2) is 9.97 Å². The number of aromatic nitrogens is 2. The lowest BCUT2D eigenvalue weighted by atomic mass is 10.1. The Hall–Kier alpha value is -3.02. The number of anilines is 2. The van der Waals surface area contributed by atoms with E-state index in [4.69, 9.17) is 20.9 Å². The fraction of sp³-hybridized carbons (Fsp3) is 0.176. The van der Waals surface area contributed by atoms with Crippen LogP contribution in [0.25, 0.3) is 10.9 Å². The monoisotopic (exact) mass is 310 g/mol. The summed E-state index contributed by atoms with van der Waals surface area (Å²) in [5.41, 5.74) is 14.2. The van der Waals surface area contributed by atoms with Crippen LogP contribution in [0.5, 0.6) is 11.5 Å². The minimum Gasteiger partial charge on any atom is -0.497 e. The van der Waals surface area contributed by atoms with E-state index >= 15 is 0 Å². The van der Waals surface area contributed by atoms with Gasteiger partial charge >= 0.3 is 0 Å². The highest BCUT2D eigenvalue weighted by Crippen LogP contribution is 2.27. The fourth-order valence-electron chi connectivity index (χ4n) is 2.47. The van der Waals surface area contributed by atoms with Gasteiger partial charge in [-0.1, -0.05) is 6.07 Å². The molecule has 0 aliphatic rings. The van der Waals surface area contributed by atoms with Gasteiger partial charge in [0.2, 0.25) is 0 Å². The molecule has 2 aromatic carbocycles. The number of rotatable bonds is 4. The van der Waals surface area contributed by atoms with Crippen LogP contribution in [0.4, 0.5) is 11.5 Å². The van der Waals surface area contributed by atoms with Crippen molar-refractivity contribution in [2.24, 2.45) is 0 Å². The molecule has 3 rings (SSSR count). The summed E-state index contributed by atoms with van der Waals surface area (Å²) in [6, 6.07) is 11.1. The molecule has 0 aliphatic carbocycles. The van der Waals surface area contributed by atoms with E-state index in [1.165, 1.54) is 0 Å². The molecular formula is C17H18N4O2. The van der Waals surface area contributed by atoms with Crippen LogP contribution in [0.15, 0.2) is 36.4 Å². The molecule has 0 bridgehead atoms. The van der Waals surface area contributed by atoms with Crippen LogP contribution in [0, 0.1) is 0 Å². The Labute approximate surface area is 134 Å². The molecule has 6 heteroatoms. The van der Waals surface area contributed by atoms with Gasteiger partial charge in [0.05, 0.1) is 19.7 Å². The Morgan fingerprint density at radius 1 is 0.957 bits per heavy atom. The summed E-state index contributed by atoms with van der Waals surface area (Å²) >= 11 is 0. The highest BCUT2D eigenvalue weighted by Gasteiger charge is 2.10. The third-order valence-corrected chi connectivity index (χ3v) is 3.64. The molecule has 0 aliphatic heterocycles. The predicted molar refractivity (Wildman–Crippen MR) is 90.7 cm³/mol. The predicted octanol–water partition coefficient (Wildman–Crippen LogP) is 2.40. The summed E-state index contributed by atoms with van der Waals surface area (Å²) in [5.74, 6) is 2.51. The van der Waals surface area contributed by atoms with Gasteiger partial charge in [0.25, 0.3) is 0 Å². The molecule has 0 saturated carbocycles. The SMILES string of the molecule is COc1ccc(Cc2nc(N)c3cc(N)ccc3n2)c(OC)c1. The average molecular weight is 310 g/mol. The van der Waals surface area contributed by atoms with E-state index in [9.17, 15) is 0 Å². The molecule has 0 atom stereocenters. The van der Waals surface area contributed by atoms with E-state index in [0.717, 1.165) is 28.0 Å².